The Hall–Kier alpha value is -1.90. The maximum Gasteiger partial charge on any atom is 0.258 e. The quantitative estimate of drug-likeness (QED) is 0.731. The van der Waals surface area contributed by atoms with Crippen molar-refractivity contribution in [2.75, 3.05) is 37.7 Å². The molecule has 1 amide bonds. The summed E-state index contributed by atoms with van der Waals surface area (Å²) in [6.45, 7) is 4.81. The highest BCUT2D eigenvalue weighted by atomic mass is 35.5. The fourth-order valence-electron chi connectivity index (χ4n) is 4.17. The standard InChI is InChI=1S/C20H25ClN4O3S/c1-15-18(19(21)25(22-15)13-16-5-3-2-4-6-16)20(26)24-10-8-23(9-11-24)17-7-12-29(27,28)14-17/h2-6,17H,7-14H2,1H3/t17-/m1/s1. The van der Waals surface area contributed by atoms with Gasteiger partial charge in [-0.15, -0.1) is 0 Å². The summed E-state index contributed by atoms with van der Waals surface area (Å²) in [5.74, 6) is 0.398. The molecule has 0 unspecified atom stereocenters. The minimum absolute atomic E-state index is 0.0798. The van der Waals surface area contributed by atoms with Gasteiger partial charge in [-0.2, -0.15) is 5.10 Å². The number of sulfone groups is 1. The van der Waals surface area contributed by atoms with Crippen molar-refractivity contribution < 1.29 is 13.2 Å². The van der Waals surface area contributed by atoms with Crippen LogP contribution in [0.25, 0.3) is 0 Å². The molecule has 2 saturated heterocycles. The van der Waals surface area contributed by atoms with E-state index in [9.17, 15) is 13.2 Å². The Balaban J connectivity index is 1.43. The average molecular weight is 437 g/mol. The molecule has 156 valence electrons. The maximum atomic E-state index is 13.1. The van der Waals surface area contributed by atoms with Crippen LogP contribution in [-0.4, -0.2) is 77.6 Å². The first-order valence-electron chi connectivity index (χ1n) is 9.84. The summed E-state index contributed by atoms with van der Waals surface area (Å²) in [6.07, 6.45) is 0.688. The van der Waals surface area contributed by atoms with E-state index >= 15 is 0 Å². The number of aryl methyl sites for hydroxylation is 1. The molecule has 1 aromatic heterocycles. The number of carbonyl (C=O) groups excluding carboxylic acids is 1. The van der Waals surface area contributed by atoms with Gasteiger partial charge in [0.2, 0.25) is 0 Å². The van der Waals surface area contributed by atoms with E-state index in [1.54, 1.807) is 16.5 Å². The number of hydrogen-bond acceptors (Lipinski definition) is 5. The van der Waals surface area contributed by atoms with E-state index in [0.29, 0.717) is 55.6 Å². The van der Waals surface area contributed by atoms with Gasteiger partial charge in [0, 0.05) is 32.2 Å². The predicted octanol–water partition coefficient (Wildman–Crippen LogP) is 1.84. The summed E-state index contributed by atoms with van der Waals surface area (Å²) >= 11 is 6.53. The summed E-state index contributed by atoms with van der Waals surface area (Å²) in [4.78, 5) is 17.1. The zero-order valence-corrected chi connectivity index (χ0v) is 18.0. The molecular formula is C20H25ClN4O3S. The molecule has 1 atom stereocenters. The molecule has 7 nitrogen and oxygen atoms in total. The second-order valence-corrected chi connectivity index (χ2v) is 10.4. The lowest BCUT2D eigenvalue weighted by atomic mass is 10.1. The van der Waals surface area contributed by atoms with Crippen LogP contribution in [0.15, 0.2) is 30.3 Å². The lowest BCUT2D eigenvalue weighted by Crippen LogP contribution is -2.52. The van der Waals surface area contributed by atoms with E-state index in [4.69, 9.17) is 11.6 Å². The third-order valence-corrected chi connectivity index (χ3v) is 7.92. The SMILES string of the molecule is Cc1nn(Cc2ccccc2)c(Cl)c1C(=O)N1CCN([C@@H]2CCS(=O)(=O)C2)CC1. The highest BCUT2D eigenvalue weighted by Crippen LogP contribution is 2.24. The largest absolute Gasteiger partial charge is 0.336 e. The first-order chi connectivity index (χ1) is 13.8. The van der Waals surface area contributed by atoms with Crippen molar-refractivity contribution in [2.45, 2.75) is 25.9 Å². The number of benzene rings is 1. The van der Waals surface area contributed by atoms with Crippen LogP contribution in [0, 0.1) is 6.92 Å². The Bertz CT molecular complexity index is 998. The number of amides is 1. The first-order valence-corrected chi connectivity index (χ1v) is 12.0. The third kappa shape index (κ3) is 4.34. The number of hydrogen-bond donors (Lipinski definition) is 0. The van der Waals surface area contributed by atoms with Crippen molar-refractivity contribution in [1.29, 1.82) is 0 Å². The molecule has 4 rings (SSSR count). The second-order valence-electron chi connectivity index (χ2n) is 7.78. The van der Waals surface area contributed by atoms with Crippen molar-refractivity contribution in [3.63, 3.8) is 0 Å². The van der Waals surface area contributed by atoms with Gasteiger partial charge in [0.15, 0.2) is 9.84 Å². The molecule has 0 aliphatic carbocycles. The van der Waals surface area contributed by atoms with Crippen LogP contribution in [0.2, 0.25) is 5.15 Å². The summed E-state index contributed by atoms with van der Waals surface area (Å²) < 4.78 is 25.1. The average Bonchev–Trinajstić information content (AvgIpc) is 3.21. The Morgan fingerprint density at radius 2 is 1.86 bits per heavy atom. The van der Waals surface area contributed by atoms with Crippen molar-refractivity contribution in [2.24, 2.45) is 0 Å². The molecule has 1 aromatic carbocycles. The number of carbonyl (C=O) groups is 1. The second kappa shape index (κ2) is 8.08. The maximum absolute atomic E-state index is 13.1. The molecule has 0 spiro atoms. The fourth-order valence-corrected chi connectivity index (χ4v) is 6.25. The normalized spacial score (nSPS) is 22.1. The van der Waals surface area contributed by atoms with Crippen LogP contribution in [0.3, 0.4) is 0 Å². The molecule has 0 saturated carbocycles. The number of halogens is 1. The van der Waals surface area contributed by atoms with Gasteiger partial charge >= 0.3 is 0 Å². The summed E-state index contributed by atoms with van der Waals surface area (Å²) in [5.41, 5.74) is 2.15. The molecule has 2 fully saturated rings. The summed E-state index contributed by atoms with van der Waals surface area (Å²) in [7, 11) is -2.90. The van der Waals surface area contributed by atoms with E-state index in [1.807, 2.05) is 30.3 Å². The van der Waals surface area contributed by atoms with Gasteiger partial charge in [-0.05, 0) is 18.9 Å². The third-order valence-electron chi connectivity index (χ3n) is 5.78. The van der Waals surface area contributed by atoms with Gasteiger partial charge in [0.05, 0.1) is 29.3 Å². The molecule has 9 heteroatoms. The Morgan fingerprint density at radius 3 is 2.48 bits per heavy atom. The van der Waals surface area contributed by atoms with E-state index in [0.717, 1.165) is 5.56 Å². The van der Waals surface area contributed by atoms with Gasteiger partial charge in [0.1, 0.15) is 5.15 Å². The topological polar surface area (TPSA) is 75.5 Å². The molecule has 2 aromatic rings. The van der Waals surface area contributed by atoms with Crippen molar-refractivity contribution in [3.8, 4) is 0 Å². The Kier molecular flexibility index (Phi) is 5.68. The molecule has 3 heterocycles. The minimum atomic E-state index is -2.90. The highest BCUT2D eigenvalue weighted by molar-refractivity contribution is 7.91. The van der Waals surface area contributed by atoms with Crippen LogP contribution in [0.1, 0.15) is 28.0 Å². The van der Waals surface area contributed by atoms with E-state index in [-0.39, 0.29) is 23.5 Å². The van der Waals surface area contributed by atoms with Gasteiger partial charge < -0.3 is 4.90 Å². The van der Waals surface area contributed by atoms with Crippen LogP contribution in [0.4, 0.5) is 0 Å². The molecule has 0 radical (unpaired) electrons. The van der Waals surface area contributed by atoms with Crippen LogP contribution in [0.5, 0.6) is 0 Å². The number of aromatic nitrogens is 2. The van der Waals surface area contributed by atoms with Gasteiger partial charge in [0.25, 0.3) is 5.91 Å². The lowest BCUT2D eigenvalue weighted by Gasteiger charge is -2.37. The van der Waals surface area contributed by atoms with Gasteiger partial charge in [-0.1, -0.05) is 41.9 Å². The monoisotopic (exact) mass is 436 g/mol. The smallest absolute Gasteiger partial charge is 0.258 e. The lowest BCUT2D eigenvalue weighted by molar-refractivity contribution is 0.0587. The number of piperazine rings is 1. The molecular weight excluding hydrogens is 412 g/mol. The Labute approximate surface area is 176 Å². The highest BCUT2D eigenvalue weighted by Gasteiger charge is 2.35. The van der Waals surface area contributed by atoms with Gasteiger partial charge in [-0.3, -0.25) is 9.69 Å². The predicted molar refractivity (Wildman–Crippen MR) is 112 cm³/mol. The van der Waals surface area contributed by atoms with Crippen LogP contribution < -0.4 is 0 Å². The van der Waals surface area contributed by atoms with Gasteiger partial charge in [-0.25, -0.2) is 13.1 Å². The summed E-state index contributed by atoms with van der Waals surface area (Å²) in [6, 6.07) is 9.95. The molecule has 0 bridgehead atoms. The van der Waals surface area contributed by atoms with Crippen molar-refractivity contribution >= 4 is 27.3 Å². The van der Waals surface area contributed by atoms with Crippen LogP contribution in [-0.2, 0) is 16.4 Å². The fraction of sp³-hybridized carbons (Fsp3) is 0.500. The van der Waals surface area contributed by atoms with Crippen LogP contribution >= 0.6 is 11.6 Å². The molecule has 2 aliphatic rings. The van der Waals surface area contributed by atoms with E-state index in [2.05, 4.69) is 10.00 Å². The molecule has 29 heavy (non-hydrogen) atoms. The van der Waals surface area contributed by atoms with E-state index in [1.165, 1.54) is 0 Å². The summed E-state index contributed by atoms with van der Waals surface area (Å²) in [5, 5.41) is 4.84. The molecule has 0 N–H and O–H groups in total. The number of nitrogens with zero attached hydrogens (tertiary/aromatic N) is 4. The van der Waals surface area contributed by atoms with Crippen molar-refractivity contribution in [3.05, 3.63) is 52.3 Å². The minimum Gasteiger partial charge on any atom is -0.336 e. The first kappa shape index (κ1) is 20.4. The zero-order chi connectivity index (χ0) is 20.6. The molecule has 2 aliphatic heterocycles. The van der Waals surface area contributed by atoms with E-state index < -0.39 is 9.84 Å². The number of rotatable bonds is 4. The Morgan fingerprint density at radius 1 is 1.17 bits per heavy atom. The zero-order valence-electron chi connectivity index (χ0n) is 16.4. The van der Waals surface area contributed by atoms with Crippen molar-refractivity contribution in [1.82, 2.24) is 19.6 Å².